The van der Waals surface area contributed by atoms with Crippen LogP contribution in [0, 0.1) is 16.7 Å². The highest BCUT2D eigenvalue weighted by Gasteiger charge is 2.29. The standard InChI is InChI=1S/C13H25N3/c1-4-15(5-2)10-11-16-8-6-13(3,12-14)7-9-16/h4-11H2,1-3H3. The summed E-state index contributed by atoms with van der Waals surface area (Å²) >= 11 is 0. The van der Waals surface area contributed by atoms with Gasteiger partial charge in [-0.2, -0.15) is 5.26 Å². The van der Waals surface area contributed by atoms with Crippen LogP contribution in [0.3, 0.4) is 0 Å². The molecule has 0 atom stereocenters. The quantitative estimate of drug-likeness (QED) is 0.713. The van der Waals surface area contributed by atoms with E-state index in [0.29, 0.717) is 0 Å². The van der Waals surface area contributed by atoms with Gasteiger partial charge in [0, 0.05) is 13.1 Å². The zero-order valence-corrected chi connectivity index (χ0v) is 11.0. The summed E-state index contributed by atoms with van der Waals surface area (Å²) in [5.74, 6) is 0. The first-order valence-electron chi connectivity index (χ1n) is 6.49. The van der Waals surface area contributed by atoms with Gasteiger partial charge in [0.15, 0.2) is 0 Å². The molecule has 0 aliphatic carbocycles. The third-order valence-corrected chi connectivity index (χ3v) is 3.86. The fourth-order valence-corrected chi connectivity index (χ4v) is 2.20. The van der Waals surface area contributed by atoms with E-state index in [1.807, 2.05) is 0 Å². The van der Waals surface area contributed by atoms with E-state index in [-0.39, 0.29) is 5.41 Å². The zero-order chi connectivity index (χ0) is 12.0. The average Bonchev–Trinajstić information content (AvgIpc) is 2.33. The van der Waals surface area contributed by atoms with E-state index in [0.717, 1.165) is 52.1 Å². The molecule has 3 nitrogen and oxygen atoms in total. The van der Waals surface area contributed by atoms with Crippen molar-refractivity contribution in [2.75, 3.05) is 39.3 Å². The molecule has 16 heavy (non-hydrogen) atoms. The lowest BCUT2D eigenvalue weighted by Crippen LogP contribution is -2.42. The van der Waals surface area contributed by atoms with E-state index in [1.54, 1.807) is 0 Å². The number of likely N-dealkylation sites (tertiary alicyclic amines) is 1. The Morgan fingerprint density at radius 1 is 1.25 bits per heavy atom. The van der Waals surface area contributed by atoms with E-state index in [2.05, 4.69) is 36.6 Å². The third-order valence-electron chi connectivity index (χ3n) is 3.86. The second kappa shape index (κ2) is 6.22. The van der Waals surface area contributed by atoms with Crippen LogP contribution in [0.5, 0.6) is 0 Å². The predicted octanol–water partition coefficient (Wildman–Crippen LogP) is 1.95. The molecule has 0 unspecified atom stereocenters. The lowest BCUT2D eigenvalue weighted by Gasteiger charge is -2.35. The van der Waals surface area contributed by atoms with Crippen molar-refractivity contribution in [2.45, 2.75) is 33.6 Å². The topological polar surface area (TPSA) is 30.3 Å². The van der Waals surface area contributed by atoms with Crippen molar-refractivity contribution in [3.8, 4) is 6.07 Å². The fourth-order valence-electron chi connectivity index (χ4n) is 2.20. The summed E-state index contributed by atoms with van der Waals surface area (Å²) in [6.45, 7) is 13.3. The molecule has 3 heteroatoms. The molecule has 1 aliphatic heterocycles. The van der Waals surface area contributed by atoms with Crippen LogP contribution in [0.15, 0.2) is 0 Å². The Morgan fingerprint density at radius 3 is 2.25 bits per heavy atom. The van der Waals surface area contributed by atoms with Crippen molar-refractivity contribution in [3.63, 3.8) is 0 Å². The molecule has 1 saturated heterocycles. The summed E-state index contributed by atoms with van der Waals surface area (Å²) in [4.78, 5) is 4.95. The number of rotatable bonds is 5. The van der Waals surface area contributed by atoms with Gasteiger partial charge < -0.3 is 9.80 Å². The molecule has 1 fully saturated rings. The minimum absolute atomic E-state index is 0.0638. The number of nitriles is 1. The van der Waals surface area contributed by atoms with E-state index >= 15 is 0 Å². The molecule has 92 valence electrons. The van der Waals surface area contributed by atoms with Gasteiger partial charge in [-0.1, -0.05) is 13.8 Å². The second-order valence-electron chi connectivity index (χ2n) is 5.04. The summed E-state index contributed by atoms with van der Waals surface area (Å²) < 4.78 is 0. The summed E-state index contributed by atoms with van der Waals surface area (Å²) in [5, 5.41) is 9.05. The molecule has 0 amide bonds. The molecule has 1 heterocycles. The molecule has 0 aromatic rings. The maximum atomic E-state index is 9.05. The molecule has 0 saturated carbocycles. The second-order valence-corrected chi connectivity index (χ2v) is 5.04. The van der Waals surface area contributed by atoms with Crippen LogP contribution in [-0.2, 0) is 0 Å². The Kier molecular flexibility index (Phi) is 5.24. The molecule has 1 rings (SSSR count). The monoisotopic (exact) mass is 223 g/mol. The first-order chi connectivity index (χ1) is 7.63. The van der Waals surface area contributed by atoms with Gasteiger partial charge in [0.05, 0.1) is 11.5 Å². The molecule has 0 spiro atoms. The highest BCUT2D eigenvalue weighted by atomic mass is 15.2. The highest BCUT2D eigenvalue weighted by Crippen LogP contribution is 2.29. The van der Waals surface area contributed by atoms with Crippen molar-refractivity contribution in [1.82, 2.24) is 9.80 Å². The smallest absolute Gasteiger partial charge is 0.0687 e. The molecule has 0 bridgehead atoms. The summed E-state index contributed by atoms with van der Waals surface area (Å²) in [6, 6.07) is 2.45. The van der Waals surface area contributed by atoms with Crippen LogP contribution in [-0.4, -0.2) is 49.1 Å². The van der Waals surface area contributed by atoms with Crippen LogP contribution < -0.4 is 0 Å². The van der Waals surface area contributed by atoms with Crippen molar-refractivity contribution in [1.29, 1.82) is 5.26 Å². The molecular weight excluding hydrogens is 198 g/mol. The number of likely N-dealkylation sites (N-methyl/N-ethyl adjacent to an activating group) is 1. The number of hydrogen-bond acceptors (Lipinski definition) is 3. The van der Waals surface area contributed by atoms with Crippen LogP contribution in [0.1, 0.15) is 33.6 Å². The lowest BCUT2D eigenvalue weighted by molar-refractivity contribution is 0.139. The number of piperidine rings is 1. The van der Waals surface area contributed by atoms with Gasteiger partial charge in [-0.15, -0.1) is 0 Å². The van der Waals surface area contributed by atoms with Crippen LogP contribution in [0.25, 0.3) is 0 Å². The summed E-state index contributed by atoms with van der Waals surface area (Å²) in [5.41, 5.74) is -0.0638. The summed E-state index contributed by atoms with van der Waals surface area (Å²) in [7, 11) is 0. The van der Waals surface area contributed by atoms with Gasteiger partial charge in [-0.25, -0.2) is 0 Å². The van der Waals surface area contributed by atoms with Crippen molar-refractivity contribution in [3.05, 3.63) is 0 Å². The Balaban J connectivity index is 2.25. The minimum atomic E-state index is -0.0638. The normalized spacial score (nSPS) is 20.9. The van der Waals surface area contributed by atoms with Gasteiger partial charge >= 0.3 is 0 Å². The molecule has 0 aromatic carbocycles. The first-order valence-corrected chi connectivity index (χ1v) is 6.49. The van der Waals surface area contributed by atoms with Crippen LogP contribution in [0.4, 0.5) is 0 Å². The van der Waals surface area contributed by atoms with E-state index < -0.39 is 0 Å². The zero-order valence-electron chi connectivity index (χ0n) is 11.0. The number of nitrogens with zero attached hydrogens (tertiary/aromatic N) is 3. The highest BCUT2D eigenvalue weighted by molar-refractivity contribution is 4.98. The Bertz CT molecular complexity index is 232. The maximum absolute atomic E-state index is 9.05. The lowest BCUT2D eigenvalue weighted by atomic mass is 9.82. The minimum Gasteiger partial charge on any atom is -0.303 e. The Labute approximate surface area is 100 Å². The molecule has 0 N–H and O–H groups in total. The van der Waals surface area contributed by atoms with Gasteiger partial charge in [-0.05, 0) is 45.9 Å². The first kappa shape index (κ1) is 13.5. The molecule has 0 radical (unpaired) electrons. The van der Waals surface area contributed by atoms with E-state index in [9.17, 15) is 0 Å². The molecule has 1 aliphatic rings. The number of hydrogen-bond donors (Lipinski definition) is 0. The van der Waals surface area contributed by atoms with Crippen molar-refractivity contribution in [2.24, 2.45) is 5.41 Å². The summed E-state index contributed by atoms with van der Waals surface area (Å²) in [6.07, 6.45) is 2.06. The van der Waals surface area contributed by atoms with Gasteiger partial charge in [0.1, 0.15) is 0 Å². The largest absolute Gasteiger partial charge is 0.303 e. The fraction of sp³-hybridized carbons (Fsp3) is 0.923. The van der Waals surface area contributed by atoms with Gasteiger partial charge in [-0.3, -0.25) is 0 Å². The van der Waals surface area contributed by atoms with Gasteiger partial charge in [0.25, 0.3) is 0 Å². The SMILES string of the molecule is CCN(CC)CCN1CCC(C)(C#N)CC1. The molecule has 0 aromatic heterocycles. The van der Waals surface area contributed by atoms with Gasteiger partial charge in [0.2, 0.25) is 0 Å². The molecular formula is C13H25N3. The van der Waals surface area contributed by atoms with E-state index in [4.69, 9.17) is 5.26 Å². The Hall–Kier alpha value is -0.590. The van der Waals surface area contributed by atoms with Crippen LogP contribution >= 0.6 is 0 Å². The Morgan fingerprint density at radius 2 is 1.81 bits per heavy atom. The van der Waals surface area contributed by atoms with Crippen molar-refractivity contribution >= 4 is 0 Å². The third kappa shape index (κ3) is 3.77. The van der Waals surface area contributed by atoms with Crippen LogP contribution in [0.2, 0.25) is 0 Å². The predicted molar refractivity (Wildman–Crippen MR) is 67.2 cm³/mol. The maximum Gasteiger partial charge on any atom is 0.0687 e. The average molecular weight is 223 g/mol. The van der Waals surface area contributed by atoms with Crippen molar-refractivity contribution < 1.29 is 0 Å². The van der Waals surface area contributed by atoms with E-state index in [1.165, 1.54) is 0 Å².